The van der Waals surface area contributed by atoms with Crippen molar-refractivity contribution in [3.05, 3.63) is 116 Å². The summed E-state index contributed by atoms with van der Waals surface area (Å²) in [4.78, 5) is 53.6. The van der Waals surface area contributed by atoms with Crippen LogP contribution in [0.2, 0.25) is 0 Å². The van der Waals surface area contributed by atoms with Gasteiger partial charge in [-0.3, -0.25) is 24.7 Å². The number of hydrogen-bond donors (Lipinski definition) is 3. The number of amides is 2. The highest BCUT2D eigenvalue weighted by atomic mass is 16.2. The van der Waals surface area contributed by atoms with Crippen LogP contribution in [0, 0.1) is 5.92 Å². The molecule has 1 saturated carbocycles. The third-order valence-electron chi connectivity index (χ3n) is 6.43. The number of H-pyrrole nitrogens is 2. The fourth-order valence-corrected chi connectivity index (χ4v) is 5.28. The first-order chi connectivity index (χ1) is 15.5. The molecule has 32 heavy (non-hydrogen) atoms. The molecular weight excluding hydrogens is 406 g/mol. The Labute approximate surface area is 183 Å². The van der Waals surface area contributed by atoms with Gasteiger partial charge in [0, 0.05) is 30.2 Å². The minimum atomic E-state index is -0.555. The van der Waals surface area contributed by atoms with Crippen LogP contribution in [0.1, 0.15) is 41.0 Å². The molecule has 1 aliphatic carbocycles. The molecule has 0 bridgehead atoms. The molecule has 1 aliphatic heterocycles. The van der Waals surface area contributed by atoms with E-state index in [9.17, 15) is 19.2 Å². The molecule has 2 aromatic carbocycles. The lowest BCUT2D eigenvalue weighted by Crippen LogP contribution is -2.46. The summed E-state index contributed by atoms with van der Waals surface area (Å²) in [5.41, 5.74) is 2.35. The summed E-state index contributed by atoms with van der Waals surface area (Å²) < 4.78 is 0. The van der Waals surface area contributed by atoms with Crippen molar-refractivity contribution in [2.75, 3.05) is 0 Å². The second kappa shape index (κ2) is 7.92. The van der Waals surface area contributed by atoms with Crippen LogP contribution in [-0.2, 0) is 9.59 Å². The van der Waals surface area contributed by atoms with Crippen LogP contribution < -0.4 is 16.6 Å². The summed E-state index contributed by atoms with van der Waals surface area (Å²) in [5.74, 6) is -1.32. The van der Waals surface area contributed by atoms with E-state index < -0.39 is 17.2 Å². The molecule has 1 fully saturated rings. The van der Waals surface area contributed by atoms with E-state index in [1.54, 1.807) is 0 Å². The first-order valence-corrected chi connectivity index (χ1v) is 10.5. The van der Waals surface area contributed by atoms with Gasteiger partial charge in [-0.15, -0.1) is 0 Å². The number of aromatic nitrogens is 2. The number of nitrogens with one attached hydrogen (secondary N) is 3. The van der Waals surface area contributed by atoms with Crippen LogP contribution in [0.25, 0.3) is 0 Å². The standard InChI is InChI=1S/C25H21N3O4/c29-18-11-16(12-19(30)27-18)23-21(14-7-3-1-4-8-14)24(17-13-20(31)28-25(32)26-17)22(23)15-9-5-2-6-10-15/h1-11,13,21-24H,12H2,(H,27,29,30)(H2,26,28,31,32)/t21-,22-,23?,24?/m1/s1. The van der Waals surface area contributed by atoms with Crippen LogP contribution in [0.3, 0.4) is 0 Å². The van der Waals surface area contributed by atoms with Crippen molar-refractivity contribution >= 4 is 11.8 Å². The molecule has 2 atom stereocenters. The second-order valence-electron chi connectivity index (χ2n) is 8.28. The van der Waals surface area contributed by atoms with Crippen molar-refractivity contribution in [3.8, 4) is 0 Å². The number of hydrogen-bond acceptors (Lipinski definition) is 4. The fourth-order valence-electron chi connectivity index (χ4n) is 5.28. The van der Waals surface area contributed by atoms with Crippen molar-refractivity contribution in [1.82, 2.24) is 15.3 Å². The highest BCUT2D eigenvalue weighted by molar-refractivity contribution is 6.05. The third kappa shape index (κ3) is 3.51. The first kappa shape index (κ1) is 19.9. The summed E-state index contributed by atoms with van der Waals surface area (Å²) in [6.07, 6.45) is 1.66. The second-order valence-corrected chi connectivity index (χ2v) is 8.28. The Hall–Kier alpha value is -4.00. The largest absolute Gasteiger partial charge is 0.325 e. The normalized spacial score (nSPS) is 24.9. The molecular formula is C25H21N3O4. The minimum Gasteiger partial charge on any atom is -0.311 e. The Balaban J connectivity index is 1.71. The molecule has 160 valence electrons. The van der Waals surface area contributed by atoms with E-state index in [2.05, 4.69) is 15.3 Å². The predicted molar refractivity (Wildman–Crippen MR) is 118 cm³/mol. The van der Waals surface area contributed by atoms with E-state index in [1.165, 1.54) is 12.1 Å². The number of carbonyl (C=O) groups excluding carboxylic acids is 2. The topological polar surface area (TPSA) is 112 Å². The molecule has 3 N–H and O–H groups in total. The minimum absolute atomic E-state index is 0.121. The smallest absolute Gasteiger partial charge is 0.311 e. The molecule has 0 unspecified atom stereocenters. The lowest BCUT2D eigenvalue weighted by Gasteiger charge is -2.54. The van der Waals surface area contributed by atoms with E-state index >= 15 is 0 Å². The quantitative estimate of drug-likeness (QED) is 0.555. The highest BCUT2D eigenvalue weighted by Crippen LogP contribution is 2.64. The zero-order chi connectivity index (χ0) is 22.2. The molecule has 2 amide bonds. The zero-order valence-electron chi connectivity index (χ0n) is 17.1. The summed E-state index contributed by atoms with van der Waals surface area (Å²) in [6, 6.07) is 21.0. The maximum atomic E-state index is 12.2. The van der Waals surface area contributed by atoms with Gasteiger partial charge in [-0.2, -0.15) is 0 Å². The lowest BCUT2D eigenvalue weighted by atomic mass is 9.49. The van der Waals surface area contributed by atoms with Gasteiger partial charge in [0.05, 0.1) is 0 Å². The Morgan fingerprint density at radius 3 is 1.81 bits per heavy atom. The molecule has 0 spiro atoms. The average molecular weight is 427 g/mol. The average Bonchev–Trinajstić information content (AvgIpc) is 2.73. The zero-order valence-corrected chi connectivity index (χ0v) is 17.1. The van der Waals surface area contributed by atoms with Crippen LogP contribution in [0.5, 0.6) is 0 Å². The van der Waals surface area contributed by atoms with Gasteiger partial charge in [0.1, 0.15) is 0 Å². The van der Waals surface area contributed by atoms with Gasteiger partial charge in [-0.1, -0.05) is 66.2 Å². The summed E-state index contributed by atoms with van der Waals surface area (Å²) in [7, 11) is 0. The van der Waals surface area contributed by atoms with E-state index in [0.717, 1.165) is 16.7 Å². The van der Waals surface area contributed by atoms with Crippen molar-refractivity contribution in [2.24, 2.45) is 5.92 Å². The highest BCUT2D eigenvalue weighted by Gasteiger charge is 2.54. The first-order valence-electron chi connectivity index (χ1n) is 10.5. The molecule has 1 aromatic heterocycles. The Bertz CT molecular complexity index is 1250. The number of imide groups is 1. The van der Waals surface area contributed by atoms with E-state index in [1.807, 2.05) is 60.7 Å². The molecule has 3 aromatic rings. The SMILES string of the molecule is O=C1C=C(C2[C@@H](c3ccccc3)C(c3cc(=O)[nH]c(=O)[nH]3)[C@@H]2c2ccccc2)CC(=O)N1. The Morgan fingerprint density at radius 2 is 1.28 bits per heavy atom. The van der Waals surface area contributed by atoms with E-state index in [4.69, 9.17) is 0 Å². The van der Waals surface area contributed by atoms with Gasteiger partial charge >= 0.3 is 5.69 Å². The number of benzene rings is 2. The van der Waals surface area contributed by atoms with Gasteiger partial charge < -0.3 is 4.98 Å². The summed E-state index contributed by atoms with van der Waals surface area (Å²) in [5, 5.41) is 2.33. The molecule has 0 radical (unpaired) electrons. The number of aromatic amines is 2. The molecule has 5 rings (SSSR count). The molecule has 2 heterocycles. The third-order valence-corrected chi connectivity index (χ3v) is 6.43. The van der Waals surface area contributed by atoms with Gasteiger partial charge in [-0.25, -0.2) is 4.79 Å². The Morgan fingerprint density at radius 1 is 0.688 bits per heavy atom. The summed E-state index contributed by atoms with van der Waals surface area (Å²) >= 11 is 0. The maximum absolute atomic E-state index is 12.2. The van der Waals surface area contributed by atoms with Gasteiger partial charge in [0.15, 0.2) is 0 Å². The van der Waals surface area contributed by atoms with Crippen molar-refractivity contribution in [2.45, 2.75) is 24.2 Å². The van der Waals surface area contributed by atoms with Gasteiger partial charge in [-0.05, 0) is 28.9 Å². The van der Waals surface area contributed by atoms with Crippen molar-refractivity contribution in [3.63, 3.8) is 0 Å². The lowest BCUT2D eigenvalue weighted by molar-refractivity contribution is -0.128. The van der Waals surface area contributed by atoms with Gasteiger partial charge in [0.25, 0.3) is 11.5 Å². The fraction of sp³-hybridized carbons (Fsp3) is 0.200. The maximum Gasteiger partial charge on any atom is 0.325 e. The molecule has 2 aliphatic rings. The van der Waals surface area contributed by atoms with E-state index in [-0.39, 0.29) is 36.0 Å². The molecule has 0 saturated heterocycles. The van der Waals surface area contributed by atoms with Crippen molar-refractivity contribution < 1.29 is 9.59 Å². The molecule has 7 heteroatoms. The van der Waals surface area contributed by atoms with Crippen LogP contribution in [0.4, 0.5) is 0 Å². The monoisotopic (exact) mass is 427 g/mol. The number of rotatable bonds is 4. The van der Waals surface area contributed by atoms with Crippen LogP contribution in [0.15, 0.2) is 88.0 Å². The van der Waals surface area contributed by atoms with Gasteiger partial charge in [0.2, 0.25) is 5.91 Å². The van der Waals surface area contributed by atoms with Crippen LogP contribution in [-0.4, -0.2) is 21.8 Å². The summed E-state index contributed by atoms with van der Waals surface area (Å²) in [6.45, 7) is 0. The Kier molecular flexibility index (Phi) is 4.93. The van der Waals surface area contributed by atoms with Crippen LogP contribution >= 0.6 is 0 Å². The predicted octanol–water partition coefficient (Wildman–Crippen LogP) is 2.32. The van der Waals surface area contributed by atoms with E-state index in [0.29, 0.717) is 5.69 Å². The molecule has 7 nitrogen and oxygen atoms in total. The van der Waals surface area contributed by atoms with Crippen molar-refractivity contribution in [1.29, 1.82) is 0 Å². The number of carbonyl (C=O) groups is 2.